The standard InChI is InChI=1S/C25H26FNO2/c1-16(21-11-12-24(26)23-8-3-2-7-22(21)23)27-20-10-9-19(15-20)18-6-4-5-17(13-18)14-25(28)29/h2-8,11-13,16,19-20,27H,9-10,14-15H2,1H3,(H,28,29)/t16-,19?,20?/m1/s1. The summed E-state index contributed by atoms with van der Waals surface area (Å²) in [5.74, 6) is -0.536. The zero-order chi connectivity index (χ0) is 20.4. The molecule has 3 aromatic carbocycles. The van der Waals surface area contributed by atoms with E-state index in [0.717, 1.165) is 35.8 Å². The van der Waals surface area contributed by atoms with Crippen molar-refractivity contribution in [2.24, 2.45) is 0 Å². The van der Waals surface area contributed by atoms with Gasteiger partial charge in [-0.25, -0.2) is 4.39 Å². The number of aliphatic carboxylic acids is 1. The number of halogens is 1. The summed E-state index contributed by atoms with van der Waals surface area (Å²) in [6.45, 7) is 2.14. The zero-order valence-corrected chi connectivity index (χ0v) is 16.6. The van der Waals surface area contributed by atoms with E-state index in [1.165, 1.54) is 5.56 Å². The molecule has 29 heavy (non-hydrogen) atoms. The fraction of sp³-hybridized carbons (Fsp3) is 0.320. The highest BCUT2D eigenvalue weighted by Crippen LogP contribution is 2.36. The molecule has 0 radical (unpaired) electrons. The Labute approximate surface area is 170 Å². The normalized spacial score (nSPS) is 20.1. The molecule has 0 aliphatic heterocycles. The third-order valence-corrected chi connectivity index (χ3v) is 6.07. The van der Waals surface area contributed by atoms with Crippen molar-refractivity contribution < 1.29 is 14.3 Å². The molecule has 3 nitrogen and oxygen atoms in total. The molecular formula is C25H26FNO2. The third-order valence-electron chi connectivity index (χ3n) is 6.07. The van der Waals surface area contributed by atoms with Crippen molar-refractivity contribution in [3.8, 4) is 0 Å². The summed E-state index contributed by atoms with van der Waals surface area (Å²) >= 11 is 0. The maximum absolute atomic E-state index is 14.1. The largest absolute Gasteiger partial charge is 0.481 e. The van der Waals surface area contributed by atoms with Crippen molar-refractivity contribution in [1.82, 2.24) is 5.32 Å². The molecule has 1 saturated carbocycles. The second-order valence-electron chi connectivity index (χ2n) is 8.09. The van der Waals surface area contributed by atoms with Crippen LogP contribution < -0.4 is 5.32 Å². The molecule has 4 rings (SSSR count). The van der Waals surface area contributed by atoms with Gasteiger partial charge in [-0.3, -0.25) is 4.79 Å². The topological polar surface area (TPSA) is 49.3 Å². The molecule has 3 aromatic rings. The maximum atomic E-state index is 14.1. The van der Waals surface area contributed by atoms with Gasteiger partial charge >= 0.3 is 5.97 Å². The first kappa shape index (κ1) is 19.6. The smallest absolute Gasteiger partial charge is 0.307 e. The predicted octanol–water partition coefficient (Wildman–Crippen LogP) is 5.59. The maximum Gasteiger partial charge on any atom is 0.307 e. The van der Waals surface area contributed by atoms with Gasteiger partial charge in [-0.2, -0.15) is 0 Å². The summed E-state index contributed by atoms with van der Waals surface area (Å²) in [6, 6.07) is 19.6. The number of carbonyl (C=O) groups is 1. The van der Waals surface area contributed by atoms with Crippen LogP contribution >= 0.6 is 0 Å². The van der Waals surface area contributed by atoms with Gasteiger partial charge in [-0.1, -0.05) is 54.6 Å². The minimum Gasteiger partial charge on any atom is -0.481 e. The molecule has 0 bridgehead atoms. The van der Waals surface area contributed by atoms with Gasteiger partial charge in [0.15, 0.2) is 0 Å². The highest BCUT2D eigenvalue weighted by atomic mass is 19.1. The molecule has 2 N–H and O–H groups in total. The fourth-order valence-electron chi connectivity index (χ4n) is 4.67. The molecule has 0 aromatic heterocycles. The molecule has 1 aliphatic rings. The van der Waals surface area contributed by atoms with Crippen LogP contribution in [-0.4, -0.2) is 17.1 Å². The van der Waals surface area contributed by atoms with E-state index in [9.17, 15) is 9.18 Å². The van der Waals surface area contributed by atoms with Crippen LogP contribution in [0.2, 0.25) is 0 Å². The summed E-state index contributed by atoms with van der Waals surface area (Å²) in [5, 5.41) is 14.4. The first-order valence-electron chi connectivity index (χ1n) is 10.2. The molecule has 4 heteroatoms. The second-order valence-corrected chi connectivity index (χ2v) is 8.09. The lowest BCUT2D eigenvalue weighted by Gasteiger charge is -2.22. The van der Waals surface area contributed by atoms with Gasteiger partial charge in [-0.05, 0) is 60.2 Å². The van der Waals surface area contributed by atoms with Crippen molar-refractivity contribution in [2.45, 2.75) is 50.6 Å². The number of carboxylic acid groups (broad SMARTS) is 1. The zero-order valence-electron chi connectivity index (χ0n) is 16.6. The summed E-state index contributed by atoms with van der Waals surface area (Å²) in [4.78, 5) is 11.0. The first-order valence-corrected chi connectivity index (χ1v) is 10.2. The minimum atomic E-state index is -0.798. The molecule has 1 fully saturated rings. The van der Waals surface area contributed by atoms with Crippen LogP contribution in [0.1, 0.15) is 54.8 Å². The Morgan fingerprint density at radius 1 is 1.10 bits per heavy atom. The lowest BCUT2D eigenvalue weighted by Crippen LogP contribution is -2.29. The van der Waals surface area contributed by atoms with Crippen LogP contribution in [0.15, 0.2) is 60.7 Å². The van der Waals surface area contributed by atoms with E-state index in [1.807, 2.05) is 48.5 Å². The number of carboxylic acids is 1. The van der Waals surface area contributed by atoms with Crippen molar-refractivity contribution >= 4 is 16.7 Å². The molecule has 1 aliphatic carbocycles. The number of nitrogens with one attached hydrogen (secondary N) is 1. The highest BCUT2D eigenvalue weighted by molar-refractivity contribution is 5.86. The number of hydrogen-bond acceptors (Lipinski definition) is 2. The van der Waals surface area contributed by atoms with Gasteiger partial charge in [-0.15, -0.1) is 0 Å². The molecule has 0 amide bonds. The third kappa shape index (κ3) is 4.33. The first-order chi connectivity index (χ1) is 14.0. The van der Waals surface area contributed by atoms with Gasteiger partial charge in [0.2, 0.25) is 0 Å². The minimum absolute atomic E-state index is 0.0664. The van der Waals surface area contributed by atoms with E-state index in [1.54, 1.807) is 6.07 Å². The van der Waals surface area contributed by atoms with Crippen LogP contribution in [0, 0.1) is 5.82 Å². The van der Waals surface area contributed by atoms with Crippen LogP contribution in [0.25, 0.3) is 10.8 Å². The molecule has 3 atom stereocenters. The van der Waals surface area contributed by atoms with Crippen molar-refractivity contribution in [1.29, 1.82) is 0 Å². The Morgan fingerprint density at radius 3 is 2.69 bits per heavy atom. The van der Waals surface area contributed by atoms with E-state index in [0.29, 0.717) is 17.3 Å². The number of fused-ring (bicyclic) bond motifs is 1. The van der Waals surface area contributed by atoms with Crippen LogP contribution in [0.4, 0.5) is 4.39 Å². The Kier molecular flexibility index (Phi) is 5.63. The SMILES string of the molecule is C[C@@H](NC1CCC(c2cccc(CC(=O)O)c2)C1)c1ccc(F)c2ccccc12. The average molecular weight is 391 g/mol. The molecule has 0 heterocycles. The fourth-order valence-corrected chi connectivity index (χ4v) is 4.67. The van der Waals surface area contributed by atoms with Crippen molar-refractivity contribution in [3.05, 3.63) is 83.2 Å². The number of rotatable bonds is 6. The molecule has 150 valence electrons. The van der Waals surface area contributed by atoms with E-state index in [-0.39, 0.29) is 18.3 Å². The molecule has 0 spiro atoms. The van der Waals surface area contributed by atoms with Gasteiger partial charge < -0.3 is 10.4 Å². The Bertz CT molecular complexity index is 1030. The quantitative estimate of drug-likeness (QED) is 0.576. The van der Waals surface area contributed by atoms with E-state index in [2.05, 4.69) is 18.3 Å². The van der Waals surface area contributed by atoms with Crippen LogP contribution in [-0.2, 0) is 11.2 Å². The summed E-state index contributed by atoms with van der Waals surface area (Å²) in [7, 11) is 0. The summed E-state index contributed by atoms with van der Waals surface area (Å²) in [5.41, 5.74) is 3.21. The van der Waals surface area contributed by atoms with Gasteiger partial charge in [0.1, 0.15) is 5.82 Å². The monoisotopic (exact) mass is 391 g/mol. The van der Waals surface area contributed by atoms with Crippen molar-refractivity contribution in [2.75, 3.05) is 0 Å². The van der Waals surface area contributed by atoms with E-state index < -0.39 is 5.97 Å². The Balaban J connectivity index is 1.46. The average Bonchev–Trinajstić information content (AvgIpc) is 3.16. The lowest BCUT2D eigenvalue weighted by molar-refractivity contribution is -0.136. The highest BCUT2D eigenvalue weighted by Gasteiger charge is 2.27. The molecule has 0 saturated heterocycles. The van der Waals surface area contributed by atoms with Crippen LogP contribution in [0.5, 0.6) is 0 Å². The van der Waals surface area contributed by atoms with Gasteiger partial charge in [0.05, 0.1) is 6.42 Å². The van der Waals surface area contributed by atoms with E-state index in [4.69, 9.17) is 5.11 Å². The summed E-state index contributed by atoms with van der Waals surface area (Å²) < 4.78 is 14.1. The van der Waals surface area contributed by atoms with Gasteiger partial charge in [0, 0.05) is 17.5 Å². The molecular weight excluding hydrogens is 365 g/mol. The van der Waals surface area contributed by atoms with Crippen LogP contribution in [0.3, 0.4) is 0 Å². The van der Waals surface area contributed by atoms with Crippen molar-refractivity contribution in [3.63, 3.8) is 0 Å². The predicted molar refractivity (Wildman–Crippen MR) is 114 cm³/mol. The Hall–Kier alpha value is -2.72. The lowest BCUT2D eigenvalue weighted by atomic mass is 9.94. The van der Waals surface area contributed by atoms with E-state index >= 15 is 0 Å². The number of hydrogen-bond donors (Lipinski definition) is 2. The Morgan fingerprint density at radius 2 is 1.90 bits per heavy atom. The second kappa shape index (κ2) is 8.34. The number of benzene rings is 3. The van der Waals surface area contributed by atoms with Gasteiger partial charge in [0.25, 0.3) is 0 Å². The summed E-state index contributed by atoms with van der Waals surface area (Å²) in [6.07, 6.45) is 3.26. The molecule has 2 unspecified atom stereocenters.